The van der Waals surface area contributed by atoms with Gasteiger partial charge in [0.2, 0.25) is 5.91 Å². The van der Waals surface area contributed by atoms with Crippen molar-refractivity contribution < 1.29 is 9.53 Å². The Bertz CT molecular complexity index is 567. The molecule has 0 radical (unpaired) electrons. The van der Waals surface area contributed by atoms with Crippen LogP contribution in [0, 0.1) is 11.8 Å². The topological polar surface area (TPSA) is 64.3 Å². The number of rotatable bonds is 5. The predicted molar refractivity (Wildman–Crippen MR) is 103 cm³/mol. The zero-order valence-corrected chi connectivity index (χ0v) is 16.1. The Kier molecular flexibility index (Phi) is 7.14. The van der Waals surface area contributed by atoms with Crippen molar-refractivity contribution in [2.45, 2.75) is 63.5 Å². The van der Waals surface area contributed by atoms with E-state index in [0.29, 0.717) is 30.3 Å². The highest BCUT2D eigenvalue weighted by atomic mass is 35.5. The first-order chi connectivity index (χ1) is 11.6. The van der Waals surface area contributed by atoms with E-state index in [1.54, 1.807) is 7.11 Å². The fourth-order valence-electron chi connectivity index (χ4n) is 4.73. The molecule has 2 aliphatic carbocycles. The van der Waals surface area contributed by atoms with Crippen LogP contribution in [-0.2, 0) is 4.79 Å². The van der Waals surface area contributed by atoms with E-state index in [0.717, 1.165) is 24.2 Å². The normalized spacial score (nSPS) is 29.2. The van der Waals surface area contributed by atoms with Crippen LogP contribution in [0.4, 0.5) is 0 Å². The zero-order chi connectivity index (χ0) is 17.1. The maximum atomic E-state index is 12.6. The summed E-state index contributed by atoms with van der Waals surface area (Å²) in [6.45, 7) is 2.09. The maximum Gasteiger partial charge on any atom is 0.220 e. The maximum absolute atomic E-state index is 12.6. The second-order valence-corrected chi connectivity index (χ2v) is 7.62. The predicted octanol–water partition coefficient (Wildman–Crippen LogP) is 3.63. The van der Waals surface area contributed by atoms with Gasteiger partial charge in [-0.1, -0.05) is 31.5 Å². The number of nitrogens with two attached hydrogens (primary N) is 1. The standard InChI is InChI=1S/C20H30N2O2.ClH/c1-13(17-8-3-4-9-18(17)24-2)10-19(23)22-20-14-6-5-7-15(20)12-16(21)11-14;/h3-4,8-9,13-16,20H,5-7,10-12,21H2,1-2H3,(H,22,23);1H. The molecule has 0 aliphatic heterocycles. The highest BCUT2D eigenvalue weighted by molar-refractivity contribution is 5.85. The molecule has 1 amide bonds. The van der Waals surface area contributed by atoms with Crippen LogP contribution in [0.2, 0.25) is 0 Å². The highest BCUT2D eigenvalue weighted by Crippen LogP contribution is 2.40. The van der Waals surface area contributed by atoms with Crippen molar-refractivity contribution in [1.82, 2.24) is 5.32 Å². The molecule has 0 saturated heterocycles. The molecular weight excluding hydrogens is 336 g/mol. The molecule has 2 saturated carbocycles. The number of hydrogen-bond acceptors (Lipinski definition) is 3. The van der Waals surface area contributed by atoms with Crippen molar-refractivity contribution in [3.8, 4) is 5.75 Å². The molecule has 3 unspecified atom stereocenters. The first kappa shape index (κ1) is 20.1. The van der Waals surface area contributed by atoms with Crippen molar-refractivity contribution in [3.05, 3.63) is 29.8 Å². The average molecular weight is 367 g/mol. The summed E-state index contributed by atoms with van der Waals surface area (Å²) in [7, 11) is 1.68. The first-order valence-corrected chi connectivity index (χ1v) is 9.26. The van der Waals surface area contributed by atoms with Gasteiger partial charge in [0.25, 0.3) is 0 Å². The molecule has 3 rings (SSSR count). The van der Waals surface area contributed by atoms with Gasteiger partial charge in [0.1, 0.15) is 5.75 Å². The largest absolute Gasteiger partial charge is 0.496 e. The molecule has 4 nitrogen and oxygen atoms in total. The Morgan fingerprint density at radius 3 is 2.56 bits per heavy atom. The van der Waals surface area contributed by atoms with Gasteiger partial charge in [-0.2, -0.15) is 0 Å². The van der Waals surface area contributed by atoms with E-state index in [-0.39, 0.29) is 24.2 Å². The fraction of sp³-hybridized carbons (Fsp3) is 0.650. The molecule has 0 spiro atoms. The molecule has 2 bridgehead atoms. The SMILES string of the molecule is COc1ccccc1C(C)CC(=O)NC1C2CCCC1CC(N)C2.Cl. The minimum absolute atomic E-state index is 0. The fourth-order valence-corrected chi connectivity index (χ4v) is 4.73. The van der Waals surface area contributed by atoms with Crippen LogP contribution < -0.4 is 15.8 Å². The summed E-state index contributed by atoms with van der Waals surface area (Å²) in [5, 5.41) is 3.34. The van der Waals surface area contributed by atoms with Crippen LogP contribution in [-0.4, -0.2) is 25.1 Å². The second-order valence-electron chi connectivity index (χ2n) is 7.62. The summed E-state index contributed by atoms with van der Waals surface area (Å²) in [5.41, 5.74) is 7.28. The third-order valence-corrected chi connectivity index (χ3v) is 5.87. The van der Waals surface area contributed by atoms with Crippen molar-refractivity contribution in [3.63, 3.8) is 0 Å². The Morgan fingerprint density at radius 2 is 1.92 bits per heavy atom. The van der Waals surface area contributed by atoms with Gasteiger partial charge in [-0.25, -0.2) is 0 Å². The Balaban J connectivity index is 0.00000225. The summed E-state index contributed by atoms with van der Waals surface area (Å²) < 4.78 is 5.42. The molecular formula is C20H31ClN2O2. The molecule has 3 N–H and O–H groups in total. The lowest BCUT2D eigenvalue weighted by Crippen LogP contribution is -2.53. The van der Waals surface area contributed by atoms with E-state index in [1.807, 2.05) is 24.3 Å². The molecule has 2 fully saturated rings. The molecule has 0 heterocycles. The van der Waals surface area contributed by atoms with Gasteiger partial charge >= 0.3 is 0 Å². The van der Waals surface area contributed by atoms with Crippen LogP contribution in [0.1, 0.15) is 56.9 Å². The minimum atomic E-state index is 0. The Hall–Kier alpha value is -1.26. The lowest BCUT2D eigenvalue weighted by atomic mass is 9.67. The molecule has 1 aromatic rings. The van der Waals surface area contributed by atoms with Crippen molar-refractivity contribution in [2.24, 2.45) is 17.6 Å². The number of fused-ring (bicyclic) bond motifs is 2. The van der Waals surface area contributed by atoms with Crippen LogP contribution in [0.25, 0.3) is 0 Å². The van der Waals surface area contributed by atoms with E-state index in [1.165, 1.54) is 19.3 Å². The van der Waals surface area contributed by atoms with E-state index < -0.39 is 0 Å². The van der Waals surface area contributed by atoms with Crippen LogP contribution in [0.3, 0.4) is 0 Å². The van der Waals surface area contributed by atoms with Crippen molar-refractivity contribution in [1.29, 1.82) is 0 Å². The molecule has 140 valence electrons. The van der Waals surface area contributed by atoms with Crippen LogP contribution in [0.15, 0.2) is 24.3 Å². The van der Waals surface area contributed by atoms with Crippen LogP contribution in [0.5, 0.6) is 5.75 Å². The number of methoxy groups -OCH3 is 1. The lowest BCUT2D eigenvalue weighted by molar-refractivity contribution is -0.123. The first-order valence-electron chi connectivity index (χ1n) is 9.26. The quantitative estimate of drug-likeness (QED) is 0.836. The third kappa shape index (κ3) is 4.68. The number of halogens is 1. The number of nitrogens with one attached hydrogen (secondary N) is 1. The third-order valence-electron chi connectivity index (χ3n) is 5.87. The average Bonchev–Trinajstić information content (AvgIpc) is 2.55. The van der Waals surface area contributed by atoms with Gasteiger partial charge in [0.05, 0.1) is 7.11 Å². The van der Waals surface area contributed by atoms with Crippen LogP contribution >= 0.6 is 12.4 Å². The summed E-state index contributed by atoms with van der Waals surface area (Å²) in [6.07, 6.45) is 6.32. The number of para-hydroxylation sites is 1. The van der Waals surface area contributed by atoms with E-state index in [2.05, 4.69) is 12.2 Å². The molecule has 25 heavy (non-hydrogen) atoms. The smallest absolute Gasteiger partial charge is 0.220 e. The van der Waals surface area contributed by atoms with E-state index in [9.17, 15) is 4.79 Å². The van der Waals surface area contributed by atoms with Gasteiger partial charge in [-0.05, 0) is 55.1 Å². The van der Waals surface area contributed by atoms with Crippen molar-refractivity contribution >= 4 is 18.3 Å². The summed E-state index contributed by atoms with van der Waals surface area (Å²) in [6, 6.07) is 8.61. The van der Waals surface area contributed by atoms with Gasteiger partial charge in [0, 0.05) is 18.5 Å². The van der Waals surface area contributed by atoms with E-state index in [4.69, 9.17) is 10.5 Å². The summed E-state index contributed by atoms with van der Waals surface area (Å²) in [4.78, 5) is 12.6. The Labute approximate surface area is 157 Å². The number of benzene rings is 1. The Morgan fingerprint density at radius 1 is 1.28 bits per heavy atom. The lowest BCUT2D eigenvalue weighted by Gasteiger charge is -2.45. The van der Waals surface area contributed by atoms with Gasteiger partial charge < -0.3 is 15.8 Å². The monoisotopic (exact) mass is 366 g/mol. The second kappa shape index (κ2) is 8.91. The number of carbonyl (C=O) groups excluding carboxylic acids is 1. The summed E-state index contributed by atoms with van der Waals surface area (Å²) in [5.74, 6) is 2.30. The molecule has 5 heteroatoms. The van der Waals surface area contributed by atoms with Gasteiger partial charge in [-0.3, -0.25) is 4.79 Å². The molecule has 2 aliphatic rings. The minimum Gasteiger partial charge on any atom is -0.496 e. The zero-order valence-electron chi connectivity index (χ0n) is 15.2. The van der Waals surface area contributed by atoms with Crippen molar-refractivity contribution in [2.75, 3.05) is 7.11 Å². The number of amides is 1. The number of hydrogen-bond donors (Lipinski definition) is 2. The van der Waals surface area contributed by atoms with Gasteiger partial charge in [-0.15, -0.1) is 12.4 Å². The van der Waals surface area contributed by atoms with E-state index >= 15 is 0 Å². The molecule has 3 atom stereocenters. The van der Waals surface area contributed by atoms with Gasteiger partial charge in [0.15, 0.2) is 0 Å². The molecule has 1 aromatic carbocycles. The summed E-state index contributed by atoms with van der Waals surface area (Å²) >= 11 is 0. The highest BCUT2D eigenvalue weighted by Gasteiger charge is 2.39. The number of carbonyl (C=O) groups is 1. The number of ether oxygens (including phenoxy) is 1. The molecule has 0 aromatic heterocycles.